The van der Waals surface area contributed by atoms with Crippen molar-refractivity contribution in [2.75, 3.05) is 17.2 Å². The zero-order valence-electron chi connectivity index (χ0n) is 11.7. The molecule has 0 saturated heterocycles. The van der Waals surface area contributed by atoms with Crippen molar-refractivity contribution in [3.8, 4) is 5.75 Å². The molecular formula is C15H12Cl2F2N2O2. The first kappa shape index (κ1) is 17.3. The van der Waals surface area contributed by atoms with Gasteiger partial charge in [0.15, 0.2) is 0 Å². The van der Waals surface area contributed by atoms with Crippen LogP contribution in [-0.2, 0) is 4.79 Å². The van der Waals surface area contributed by atoms with Crippen LogP contribution in [0.15, 0.2) is 42.5 Å². The summed E-state index contributed by atoms with van der Waals surface area (Å²) in [6, 6.07) is 10.9. The highest BCUT2D eigenvalue weighted by Crippen LogP contribution is 2.28. The van der Waals surface area contributed by atoms with Crippen molar-refractivity contribution in [3.63, 3.8) is 0 Å². The summed E-state index contributed by atoms with van der Waals surface area (Å²) in [6.45, 7) is -2.98. The minimum atomic E-state index is -2.95. The Morgan fingerprint density at radius 2 is 1.91 bits per heavy atom. The highest BCUT2D eigenvalue weighted by Gasteiger charge is 2.09. The molecule has 0 atom stereocenters. The van der Waals surface area contributed by atoms with E-state index in [9.17, 15) is 13.6 Å². The molecule has 0 spiro atoms. The maximum absolute atomic E-state index is 12.1. The van der Waals surface area contributed by atoms with Crippen molar-refractivity contribution in [1.82, 2.24) is 0 Å². The van der Waals surface area contributed by atoms with Crippen LogP contribution >= 0.6 is 23.2 Å². The molecule has 2 aromatic carbocycles. The Hall–Kier alpha value is -2.05. The van der Waals surface area contributed by atoms with Gasteiger partial charge in [-0.3, -0.25) is 4.79 Å². The Labute approximate surface area is 141 Å². The number of carbonyl (C=O) groups excluding carboxylic acids is 1. The quantitative estimate of drug-likeness (QED) is 0.788. The molecule has 0 aliphatic rings. The van der Waals surface area contributed by atoms with Crippen molar-refractivity contribution in [1.29, 1.82) is 0 Å². The molecule has 0 heterocycles. The second-order valence-electron chi connectivity index (χ2n) is 4.44. The molecule has 0 aromatic heterocycles. The van der Waals surface area contributed by atoms with Gasteiger partial charge < -0.3 is 15.4 Å². The fraction of sp³-hybridized carbons (Fsp3) is 0.133. The molecule has 2 rings (SSSR count). The van der Waals surface area contributed by atoms with Gasteiger partial charge in [-0.1, -0.05) is 29.3 Å². The van der Waals surface area contributed by atoms with E-state index < -0.39 is 6.61 Å². The fourth-order valence-corrected chi connectivity index (χ4v) is 2.17. The van der Waals surface area contributed by atoms with Gasteiger partial charge >= 0.3 is 6.61 Å². The Bertz CT molecular complexity index is 699. The Balaban J connectivity index is 1.90. The van der Waals surface area contributed by atoms with Crippen LogP contribution in [0.4, 0.5) is 20.2 Å². The minimum Gasteiger partial charge on any atom is -0.433 e. The molecule has 4 nitrogen and oxygen atoms in total. The Kier molecular flexibility index (Phi) is 6.01. The van der Waals surface area contributed by atoms with E-state index in [1.54, 1.807) is 24.3 Å². The van der Waals surface area contributed by atoms with Gasteiger partial charge in [0.2, 0.25) is 5.91 Å². The lowest BCUT2D eigenvalue weighted by Crippen LogP contribution is -2.21. The monoisotopic (exact) mass is 360 g/mol. The van der Waals surface area contributed by atoms with Crippen LogP contribution in [0.1, 0.15) is 0 Å². The third-order valence-corrected chi connectivity index (χ3v) is 3.24. The van der Waals surface area contributed by atoms with Crippen LogP contribution in [0, 0.1) is 0 Å². The number of rotatable bonds is 6. The van der Waals surface area contributed by atoms with E-state index >= 15 is 0 Å². The molecular weight excluding hydrogens is 349 g/mol. The zero-order valence-corrected chi connectivity index (χ0v) is 13.2. The van der Waals surface area contributed by atoms with Gasteiger partial charge in [-0.05, 0) is 36.4 Å². The predicted molar refractivity (Wildman–Crippen MR) is 86.7 cm³/mol. The van der Waals surface area contributed by atoms with Gasteiger partial charge in [-0.25, -0.2) is 0 Å². The first-order valence-electron chi connectivity index (χ1n) is 6.47. The highest BCUT2D eigenvalue weighted by atomic mass is 35.5. The van der Waals surface area contributed by atoms with E-state index in [-0.39, 0.29) is 23.2 Å². The number of anilines is 2. The fourth-order valence-electron chi connectivity index (χ4n) is 1.76. The van der Waals surface area contributed by atoms with Crippen LogP contribution in [0.5, 0.6) is 5.75 Å². The van der Waals surface area contributed by atoms with Crippen molar-refractivity contribution < 1.29 is 18.3 Å². The largest absolute Gasteiger partial charge is 0.433 e. The molecule has 0 aliphatic carbocycles. The molecule has 0 unspecified atom stereocenters. The average molecular weight is 361 g/mol. The summed E-state index contributed by atoms with van der Waals surface area (Å²) in [6.07, 6.45) is 0. The highest BCUT2D eigenvalue weighted by molar-refractivity contribution is 6.32. The number of benzene rings is 2. The molecule has 23 heavy (non-hydrogen) atoms. The summed E-state index contributed by atoms with van der Waals surface area (Å²) >= 11 is 11.6. The number of halogens is 4. The number of hydrogen-bond acceptors (Lipinski definition) is 3. The van der Waals surface area contributed by atoms with Crippen LogP contribution in [-0.4, -0.2) is 19.1 Å². The number of hydrogen-bond donors (Lipinski definition) is 2. The van der Waals surface area contributed by atoms with E-state index in [1.165, 1.54) is 18.2 Å². The van der Waals surface area contributed by atoms with E-state index in [0.717, 1.165) is 0 Å². The van der Waals surface area contributed by atoms with Gasteiger partial charge in [0.25, 0.3) is 0 Å². The van der Waals surface area contributed by atoms with Crippen molar-refractivity contribution >= 4 is 40.5 Å². The van der Waals surface area contributed by atoms with E-state index in [4.69, 9.17) is 23.2 Å². The van der Waals surface area contributed by atoms with Crippen molar-refractivity contribution in [2.24, 2.45) is 0 Å². The van der Waals surface area contributed by atoms with Crippen LogP contribution < -0.4 is 15.4 Å². The summed E-state index contributed by atoms with van der Waals surface area (Å²) in [5.41, 5.74) is 1.07. The molecule has 0 radical (unpaired) electrons. The van der Waals surface area contributed by atoms with Crippen LogP contribution in [0.2, 0.25) is 10.0 Å². The SMILES string of the molecule is O=C(CNc1ccc(OC(F)F)c(Cl)c1)Nc1cccc(Cl)c1. The summed E-state index contributed by atoms with van der Waals surface area (Å²) in [7, 11) is 0. The topological polar surface area (TPSA) is 50.4 Å². The second-order valence-corrected chi connectivity index (χ2v) is 5.28. The predicted octanol–water partition coefficient (Wildman–Crippen LogP) is 4.65. The molecule has 0 bridgehead atoms. The van der Waals surface area contributed by atoms with Crippen LogP contribution in [0.25, 0.3) is 0 Å². The number of ether oxygens (including phenoxy) is 1. The van der Waals surface area contributed by atoms with E-state index in [2.05, 4.69) is 15.4 Å². The average Bonchev–Trinajstić information content (AvgIpc) is 2.47. The number of carbonyl (C=O) groups is 1. The molecule has 122 valence electrons. The van der Waals surface area contributed by atoms with Gasteiger partial charge in [-0.2, -0.15) is 8.78 Å². The molecule has 8 heteroatoms. The molecule has 0 aliphatic heterocycles. The molecule has 2 N–H and O–H groups in total. The van der Waals surface area contributed by atoms with Gasteiger partial charge in [0.1, 0.15) is 5.75 Å². The maximum atomic E-state index is 12.1. The smallest absolute Gasteiger partial charge is 0.387 e. The summed E-state index contributed by atoms with van der Waals surface area (Å²) in [5, 5.41) is 6.02. The molecule has 1 amide bonds. The first-order chi connectivity index (χ1) is 10.9. The number of amides is 1. The molecule has 0 fully saturated rings. The lowest BCUT2D eigenvalue weighted by Gasteiger charge is -2.10. The standard InChI is InChI=1S/C15H12Cl2F2N2O2/c16-9-2-1-3-11(6-9)21-14(22)8-20-10-4-5-13(12(17)7-10)23-15(18)19/h1-7,15,20H,8H2,(H,21,22). The second kappa shape index (κ2) is 7.99. The lowest BCUT2D eigenvalue weighted by molar-refractivity contribution is -0.114. The summed E-state index contributed by atoms with van der Waals surface area (Å²) < 4.78 is 28.5. The van der Waals surface area contributed by atoms with Gasteiger partial charge in [-0.15, -0.1) is 0 Å². The van der Waals surface area contributed by atoms with Crippen LogP contribution in [0.3, 0.4) is 0 Å². The first-order valence-corrected chi connectivity index (χ1v) is 7.23. The number of alkyl halides is 2. The third-order valence-electron chi connectivity index (χ3n) is 2.71. The third kappa shape index (κ3) is 5.58. The molecule has 0 saturated carbocycles. The summed E-state index contributed by atoms with van der Waals surface area (Å²) in [4.78, 5) is 11.8. The van der Waals surface area contributed by atoms with E-state index in [0.29, 0.717) is 16.4 Å². The Morgan fingerprint density at radius 3 is 2.57 bits per heavy atom. The van der Waals surface area contributed by atoms with E-state index in [1.807, 2.05) is 0 Å². The summed E-state index contributed by atoms with van der Waals surface area (Å²) in [5.74, 6) is -0.424. The van der Waals surface area contributed by atoms with Crippen molar-refractivity contribution in [3.05, 3.63) is 52.5 Å². The number of nitrogens with one attached hydrogen (secondary N) is 2. The lowest BCUT2D eigenvalue weighted by atomic mass is 10.3. The zero-order chi connectivity index (χ0) is 16.8. The van der Waals surface area contributed by atoms with Crippen molar-refractivity contribution in [2.45, 2.75) is 6.61 Å². The van der Waals surface area contributed by atoms with Gasteiger partial charge in [0, 0.05) is 16.4 Å². The maximum Gasteiger partial charge on any atom is 0.387 e. The van der Waals surface area contributed by atoms with Gasteiger partial charge in [0.05, 0.1) is 11.6 Å². The minimum absolute atomic E-state index is 0.0190. The Morgan fingerprint density at radius 1 is 1.13 bits per heavy atom. The normalized spacial score (nSPS) is 10.5. The molecule has 2 aromatic rings.